The first-order chi connectivity index (χ1) is 7.66. The van der Waals surface area contributed by atoms with Crippen LogP contribution in [0.4, 0.5) is 5.69 Å². The summed E-state index contributed by atoms with van der Waals surface area (Å²) in [5.41, 5.74) is 4.20. The van der Waals surface area contributed by atoms with Gasteiger partial charge in [0.2, 0.25) is 0 Å². The third-order valence-corrected chi connectivity index (χ3v) is 3.27. The van der Waals surface area contributed by atoms with Gasteiger partial charge in [-0.2, -0.15) is 0 Å². The zero-order chi connectivity index (χ0) is 11.5. The zero-order valence-corrected chi connectivity index (χ0v) is 10.1. The highest BCUT2D eigenvalue weighted by molar-refractivity contribution is 5.75. The summed E-state index contributed by atoms with van der Waals surface area (Å²) in [5, 5.41) is 0. The highest BCUT2D eigenvalue weighted by atomic mass is 16.1. The van der Waals surface area contributed by atoms with Crippen LogP contribution in [0.5, 0.6) is 0 Å². The van der Waals surface area contributed by atoms with Gasteiger partial charge in [-0.25, -0.2) is 0 Å². The molecule has 0 radical (unpaired) electrons. The van der Waals surface area contributed by atoms with Gasteiger partial charge in [0.1, 0.15) is 5.78 Å². The van der Waals surface area contributed by atoms with E-state index in [0.29, 0.717) is 12.2 Å². The predicted octanol–water partition coefficient (Wildman–Crippen LogP) is 2.59. The largest absolute Gasteiger partial charge is 0.374 e. The first kappa shape index (κ1) is 11.2. The molecule has 0 atom stereocenters. The first-order valence-corrected chi connectivity index (χ1v) is 5.99. The number of nitrogens with zero attached hydrogens (tertiary/aromatic N) is 1. The fourth-order valence-electron chi connectivity index (χ4n) is 2.32. The van der Waals surface area contributed by atoms with Crippen molar-refractivity contribution in [3.05, 3.63) is 29.3 Å². The van der Waals surface area contributed by atoms with E-state index < -0.39 is 0 Å². The molecule has 0 aromatic heterocycles. The van der Waals surface area contributed by atoms with Crippen molar-refractivity contribution in [2.24, 2.45) is 0 Å². The summed E-state index contributed by atoms with van der Waals surface area (Å²) >= 11 is 0. The Bertz CT molecular complexity index is 398. The third kappa shape index (κ3) is 2.43. The van der Waals surface area contributed by atoms with Gasteiger partial charge < -0.3 is 9.69 Å². The lowest BCUT2D eigenvalue weighted by Crippen LogP contribution is -2.12. The summed E-state index contributed by atoms with van der Waals surface area (Å²) in [6.45, 7) is 2.80. The molecule has 1 aromatic carbocycles. The standard InChI is InChI=1S/C14H19NO/c1-11(16)4-3-5-12-6-7-14-13(10-12)8-9-15(14)2/h6-7,10H,3-5,8-9H2,1-2H3. The molecule has 1 aromatic rings. The van der Waals surface area contributed by atoms with Crippen LogP contribution in [0.15, 0.2) is 18.2 Å². The average Bonchev–Trinajstić information content (AvgIpc) is 2.60. The molecule has 1 aliphatic heterocycles. The van der Waals surface area contributed by atoms with E-state index in [1.54, 1.807) is 6.92 Å². The number of ketones is 1. The fourth-order valence-corrected chi connectivity index (χ4v) is 2.32. The number of benzene rings is 1. The molecular weight excluding hydrogens is 198 g/mol. The van der Waals surface area contributed by atoms with Crippen LogP contribution in [-0.4, -0.2) is 19.4 Å². The Balaban J connectivity index is 1.99. The van der Waals surface area contributed by atoms with E-state index in [2.05, 4.69) is 30.1 Å². The van der Waals surface area contributed by atoms with Crippen molar-refractivity contribution in [2.75, 3.05) is 18.5 Å². The van der Waals surface area contributed by atoms with Gasteiger partial charge in [-0.05, 0) is 43.4 Å². The normalized spacial score (nSPS) is 14.0. The van der Waals surface area contributed by atoms with Crippen molar-refractivity contribution in [3.8, 4) is 0 Å². The number of carbonyl (C=O) groups excluding carboxylic acids is 1. The van der Waals surface area contributed by atoms with Crippen LogP contribution in [0.1, 0.15) is 30.9 Å². The second kappa shape index (κ2) is 4.69. The van der Waals surface area contributed by atoms with E-state index in [0.717, 1.165) is 25.8 Å². The van der Waals surface area contributed by atoms with Crippen LogP contribution in [0.2, 0.25) is 0 Å². The van der Waals surface area contributed by atoms with Crippen LogP contribution < -0.4 is 4.90 Å². The van der Waals surface area contributed by atoms with Crippen molar-refractivity contribution in [3.63, 3.8) is 0 Å². The summed E-state index contributed by atoms with van der Waals surface area (Å²) < 4.78 is 0. The van der Waals surface area contributed by atoms with Gasteiger partial charge in [-0.3, -0.25) is 0 Å². The average molecular weight is 217 g/mol. The highest BCUT2D eigenvalue weighted by Crippen LogP contribution is 2.27. The number of hydrogen-bond donors (Lipinski definition) is 0. The Labute approximate surface area is 97.3 Å². The molecule has 1 heterocycles. The minimum Gasteiger partial charge on any atom is -0.374 e. The molecule has 0 amide bonds. The summed E-state index contributed by atoms with van der Waals surface area (Å²) in [4.78, 5) is 13.2. The van der Waals surface area contributed by atoms with E-state index in [9.17, 15) is 4.79 Å². The van der Waals surface area contributed by atoms with Gasteiger partial charge in [0.15, 0.2) is 0 Å². The molecule has 2 nitrogen and oxygen atoms in total. The molecule has 0 bridgehead atoms. The Hall–Kier alpha value is -1.31. The molecule has 0 fully saturated rings. The molecule has 0 saturated heterocycles. The van der Waals surface area contributed by atoms with Crippen molar-refractivity contribution in [2.45, 2.75) is 32.6 Å². The number of likely N-dealkylation sites (N-methyl/N-ethyl adjacent to an activating group) is 1. The van der Waals surface area contributed by atoms with E-state index in [1.807, 2.05) is 0 Å². The van der Waals surface area contributed by atoms with Gasteiger partial charge in [-0.15, -0.1) is 0 Å². The molecule has 0 spiro atoms. The third-order valence-electron chi connectivity index (χ3n) is 3.27. The molecule has 1 aliphatic rings. The molecule has 2 heteroatoms. The van der Waals surface area contributed by atoms with Crippen molar-refractivity contribution in [1.29, 1.82) is 0 Å². The van der Waals surface area contributed by atoms with Crippen LogP contribution >= 0.6 is 0 Å². The number of carbonyl (C=O) groups is 1. The maximum atomic E-state index is 10.9. The molecule has 0 aliphatic carbocycles. The second-order valence-corrected chi connectivity index (χ2v) is 4.69. The maximum absolute atomic E-state index is 10.9. The van der Waals surface area contributed by atoms with Crippen molar-refractivity contribution in [1.82, 2.24) is 0 Å². The number of hydrogen-bond acceptors (Lipinski definition) is 2. The van der Waals surface area contributed by atoms with Crippen molar-refractivity contribution < 1.29 is 4.79 Å². The Morgan fingerprint density at radius 1 is 1.44 bits per heavy atom. The lowest BCUT2D eigenvalue weighted by atomic mass is 10.0. The minimum atomic E-state index is 0.292. The van der Waals surface area contributed by atoms with Gasteiger partial charge in [0.25, 0.3) is 0 Å². The van der Waals surface area contributed by atoms with Gasteiger partial charge >= 0.3 is 0 Å². The molecular formula is C14H19NO. The Kier molecular flexibility index (Phi) is 3.28. The SMILES string of the molecule is CC(=O)CCCc1ccc2c(c1)CCN2C. The number of fused-ring (bicyclic) bond motifs is 1. The number of Topliss-reactive ketones (excluding diaryl/α,β-unsaturated/α-hetero) is 1. The molecule has 2 rings (SSSR count). The Morgan fingerprint density at radius 3 is 3.00 bits per heavy atom. The van der Waals surface area contributed by atoms with E-state index >= 15 is 0 Å². The lowest BCUT2D eigenvalue weighted by Gasteiger charge is -2.12. The summed E-state index contributed by atoms with van der Waals surface area (Å²) in [6, 6.07) is 6.71. The number of aryl methyl sites for hydroxylation is 1. The van der Waals surface area contributed by atoms with E-state index in [1.165, 1.54) is 16.8 Å². The molecule has 86 valence electrons. The molecule has 0 saturated carbocycles. The van der Waals surface area contributed by atoms with Crippen LogP contribution in [-0.2, 0) is 17.6 Å². The molecule has 16 heavy (non-hydrogen) atoms. The lowest BCUT2D eigenvalue weighted by molar-refractivity contribution is -0.117. The van der Waals surface area contributed by atoms with Crippen molar-refractivity contribution >= 4 is 11.5 Å². The summed E-state index contributed by atoms with van der Waals surface area (Å²) in [5.74, 6) is 0.292. The van der Waals surface area contributed by atoms with Crippen LogP contribution in [0, 0.1) is 0 Å². The number of rotatable bonds is 4. The van der Waals surface area contributed by atoms with Gasteiger partial charge in [-0.1, -0.05) is 12.1 Å². The molecule has 0 unspecified atom stereocenters. The van der Waals surface area contributed by atoms with E-state index in [-0.39, 0.29) is 0 Å². The quantitative estimate of drug-likeness (QED) is 0.772. The van der Waals surface area contributed by atoms with E-state index in [4.69, 9.17) is 0 Å². The fraction of sp³-hybridized carbons (Fsp3) is 0.500. The van der Waals surface area contributed by atoms with Gasteiger partial charge in [0.05, 0.1) is 0 Å². The van der Waals surface area contributed by atoms with Crippen LogP contribution in [0.3, 0.4) is 0 Å². The second-order valence-electron chi connectivity index (χ2n) is 4.69. The summed E-state index contributed by atoms with van der Waals surface area (Å²) in [7, 11) is 2.14. The molecule has 0 N–H and O–H groups in total. The maximum Gasteiger partial charge on any atom is 0.129 e. The summed E-state index contributed by atoms with van der Waals surface area (Å²) in [6.07, 6.45) is 3.86. The minimum absolute atomic E-state index is 0.292. The topological polar surface area (TPSA) is 20.3 Å². The zero-order valence-electron chi connectivity index (χ0n) is 10.1. The van der Waals surface area contributed by atoms with Gasteiger partial charge in [0, 0.05) is 25.7 Å². The smallest absolute Gasteiger partial charge is 0.129 e. The monoisotopic (exact) mass is 217 g/mol. The number of anilines is 1. The first-order valence-electron chi connectivity index (χ1n) is 5.99. The predicted molar refractivity (Wildman–Crippen MR) is 67.0 cm³/mol. The van der Waals surface area contributed by atoms with Crippen LogP contribution in [0.25, 0.3) is 0 Å². The highest BCUT2D eigenvalue weighted by Gasteiger charge is 2.15. The Morgan fingerprint density at radius 2 is 2.25 bits per heavy atom.